The van der Waals surface area contributed by atoms with Gasteiger partial charge in [-0.05, 0) is 34.4 Å². The summed E-state index contributed by atoms with van der Waals surface area (Å²) in [6.45, 7) is 3.29. The summed E-state index contributed by atoms with van der Waals surface area (Å²) in [5.41, 5.74) is 7.80. The maximum Gasteiger partial charge on any atom is 0.397 e. The number of fused-ring (bicyclic) bond motifs is 1. The number of nitrogens with one attached hydrogen (secondary N) is 1. The number of hydrogen-bond acceptors (Lipinski definition) is 4. The first-order valence-corrected chi connectivity index (χ1v) is 9.95. The molecule has 5 nitrogen and oxygen atoms in total. The van der Waals surface area contributed by atoms with Crippen LogP contribution in [0.5, 0.6) is 0 Å². The summed E-state index contributed by atoms with van der Waals surface area (Å²) >= 11 is 0. The highest BCUT2D eigenvalue weighted by atomic mass is 19.4. The van der Waals surface area contributed by atoms with Gasteiger partial charge in [0.05, 0.1) is 19.1 Å². The van der Waals surface area contributed by atoms with Crippen LogP contribution in [0.4, 0.5) is 13.2 Å². The highest BCUT2D eigenvalue weighted by Crippen LogP contribution is 2.47. The summed E-state index contributed by atoms with van der Waals surface area (Å²) in [7, 11) is 0. The van der Waals surface area contributed by atoms with E-state index < -0.39 is 24.0 Å². The summed E-state index contributed by atoms with van der Waals surface area (Å²) < 4.78 is 48.5. The lowest BCUT2D eigenvalue weighted by Gasteiger charge is -2.32. The van der Waals surface area contributed by atoms with E-state index >= 15 is 0 Å². The van der Waals surface area contributed by atoms with Gasteiger partial charge in [-0.2, -0.15) is 13.2 Å². The molecule has 2 atom stereocenters. The Kier molecular flexibility index (Phi) is 5.81. The molecule has 3 N–H and O–H groups in total. The van der Waals surface area contributed by atoms with Crippen molar-refractivity contribution in [3.05, 3.63) is 70.3 Å². The van der Waals surface area contributed by atoms with Crippen molar-refractivity contribution in [2.45, 2.75) is 31.2 Å². The maximum absolute atomic E-state index is 14.4. The van der Waals surface area contributed by atoms with Crippen molar-refractivity contribution in [1.29, 1.82) is 0 Å². The Morgan fingerprint density at radius 2 is 1.93 bits per heavy atom. The van der Waals surface area contributed by atoms with Crippen molar-refractivity contribution < 1.29 is 22.7 Å². The standard InChI is InChI=1S/C22H24F3N3O2/c23-22(24,25)19(20-18-6-5-14(21(26)29)11-16(18)12-27-20)17-4-2-1-3-15(17)13-28-7-9-30-10-8-28/h1-6,11,19-20,27H,7-10,12-13H2,(H2,26,29)/t19-,20?/m1/s1. The predicted molar refractivity (Wildman–Crippen MR) is 106 cm³/mol. The molecule has 0 saturated carbocycles. The molecule has 1 amide bonds. The molecule has 1 unspecified atom stereocenters. The zero-order valence-electron chi connectivity index (χ0n) is 16.4. The monoisotopic (exact) mass is 419 g/mol. The third-order valence-corrected chi connectivity index (χ3v) is 5.85. The van der Waals surface area contributed by atoms with E-state index in [1.807, 2.05) is 0 Å². The highest BCUT2D eigenvalue weighted by Gasteiger charge is 2.48. The lowest BCUT2D eigenvalue weighted by atomic mass is 9.84. The number of nitrogens with two attached hydrogens (primary N) is 1. The smallest absolute Gasteiger partial charge is 0.379 e. The molecule has 4 rings (SSSR count). The minimum absolute atomic E-state index is 0.263. The van der Waals surface area contributed by atoms with E-state index in [0.29, 0.717) is 55.1 Å². The molecule has 2 aromatic carbocycles. The Balaban J connectivity index is 1.70. The van der Waals surface area contributed by atoms with E-state index in [2.05, 4.69) is 10.2 Å². The van der Waals surface area contributed by atoms with Crippen LogP contribution in [-0.4, -0.2) is 43.3 Å². The number of ether oxygens (including phenoxy) is 1. The quantitative estimate of drug-likeness (QED) is 0.782. The molecule has 0 radical (unpaired) electrons. The molecule has 1 fully saturated rings. The number of nitrogens with zero attached hydrogens (tertiary/aromatic N) is 1. The first-order valence-electron chi connectivity index (χ1n) is 9.95. The third-order valence-electron chi connectivity index (χ3n) is 5.85. The van der Waals surface area contributed by atoms with Crippen LogP contribution in [0.15, 0.2) is 42.5 Å². The van der Waals surface area contributed by atoms with Crippen molar-refractivity contribution in [2.24, 2.45) is 5.73 Å². The van der Waals surface area contributed by atoms with Crippen molar-refractivity contribution in [2.75, 3.05) is 26.3 Å². The zero-order valence-corrected chi connectivity index (χ0v) is 16.4. The molecule has 160 valence electrons. The number of alkyl halides is 3. The van der Waals surface area contributed by atoms with E-state index in [0.717, 1.165) is 0 Å². The molecule has 2 aliphatic heterocycles. The number of morpholine rings is 1. The largest absolute Gasteiger partial charge is 0.397 e. The van der Waals surface area contributed by atoms with Crippen LogP contribution in [0.1, 0.15) is 44.6 Å². The fourth-order valence-corrected chi connectivity index (χ4v) is 4.37. The topological polar surface area (TPSA) is 67.6 Å². The van der Waals surface area contributed by atoms with Crippen molar-refractivity contribution in [3.63, 3.8) is 0 Å². The number of primary amides is 1. The Labute approximate surface area is 173 Å². The van der Waals surface area contributed by atoms with E-state index in [4.69, 9.17) is 10.5 Å². The second kappa shape index (κ2) is 8.37. The highest BCUT2D eigenvalue weighted by molar-refractivity contribution is 5.93. The number of carbonyl (C=O) groups is 1. The lowest BCUT2D eigenvalue weighted by Crippen LogP contribution is -2.37. The second-order valence-corrected chi connectivity index (χ2v) is 7.74. The lowest BCUT2D eigenvalue weighted by molar-refractivity contribution is -0.157. The van der Waals surface area contributed by atoms with Gasteiger partial charge in [0.1, 0.15) is 0 Å². The molecule has 2 aromatic rings. The number of hydrogen-bond donors (Lipinski definition) is 2. The average molecular weight is 419 g/mol. The van der Waals surface area contributed by atoms with Gasteiger partial charge in [-0.3, -0.25) is 9.69 Å². The average Bonchev–Trinajstić information content (AvgIpc) is 3.12. The molecule has 1 saturated heterocycles. The maximum atomic E-state index is 14.4. The number of benzene rings is 2. The van der Waals surface area contributed by atoms with Gasteiger partial charge >= 0.3 is 6.18 Å². The van der Waals surface area contributed by atoms with Crippen LogP contribution in [0.2, 0.25) is 0 Å². The molecular formula is C22H24F3N3O2. The van der Waals surface area contributed by atoms with Gasteiger partial charge in [-0.1, -0.05) is 30.3 Å². The van der Waals surface area contributed by atoms with Crippen LogP contribution < -0.4 is 11.1 Å². The summed E-state index contributed by atoms with van der Waals surface area (Å²) in [6.07, 6.45) is -4.44. The van der Waals surface area contributed by atoms with E-state index in [9.17, 15) is 18.0 Å². The summed E-state index contributed by atoms with van der Waals surface area (Å²) in [6, 6.07) is 10.5. The first-order chi connectivity index (χ1) is 14.3. The minimum Gasteiger partial charge on any atom is -0.379 e. The first kappa shape index (κ1) is 20.8. The van der Waals surface area contributed by atoms with E-state index in [1.54, 1.807) is 36.4 Å². The number of carbonyl (C=O) groups excluding carboxylic acids is 1. The number of halogens is 3. The molecule has 8 heteroatoms. The van der Waals surface area contributed by atoms with Gasteiger partial charge < -0.3 is 15.8 Å². The SMILES string of the molecule is NC(=O)c1ccc2c(c1)CNC2[C@@H](c1ccccc1CN1CCOCC1)C(F)(F)F. The van der Waals surface area contributed by atoms with Crippen molar-refractivity contribution in [3.8, 4) is 0 Å². The van der Waals surface area contributed by atoms with E-state index in [-0.39, 0.29) is 12.1 Å². The predicted octanol–water partition coefficient (Wildman–Crippen LogP) is 3.11. The van der Waals surface area contributed by atoms with Gasteiger partial charge in [0, 0.05) is 37.8 Å². The van der Waals surface area contributed by atoms with Crippen LogP contribution >= 0.6 is 0 Å². The minimum atomic E-state index is -4.44. The number of rotatable bonds is 5. The van der Waals surface area contributed by atoms with Crippen LogP contribution in [0.3, 0.4) is 0 Å². The summed E-state index contributed by atoms with van der Waals surface area (Å²) in [4.78, 5) is 13.6. The Morgan fingerprint density at radius 1 is 1.20 bits per heavy atom. The molecule has 2 heterocycles. The third kappa shape index (κ3) is 4.21. The Morgan fingerprint density at radius 3 is 2.63 bits per heavy atom. The Hall–Kier alpha value is -2.42. The van der Waals surface area contributed by atoms with Gasteiger partial charge in [0.15, 0.2) is 0 Å². The molecular weight excluding hydrogens is 395 g/mol. The van der Waals surface area contributed by atoms with Gasteiger partial charge in [-0.15, -0.1) is 0 Å². The zero-order chi connectivity index (χ0) is 21.3. The van der Waals surface area contributed by atoms with Crippen LogP contribution in [-0.2, 0) is 17.8 Å². The molecule has 0 spiro atoms. The second-order valence-electron chi connectivity index (χ2n) is 7.74. The van der Waals surface area contributed by atoms with Gasteiger partial charge in [0.2, 0.25) is 5.91 Å². The Bertz CT molecular complexity index is 926. The normalized spacial score (nSPS) is 20.7. The molecule has 2 aliphatic rings. The van der Waals surface area contributed by atoms with Crippen molar-refractivity contribution in [1.82, 2.24) is 10.2 Å². The van der Waals surface area contributed by atoms with E-state index in [1.165, 1.54) is 6.07 Å². The molecule has 30 heavy (non-hydrogen) atoms. The molecule has 0 aliphatic carbocycles. The summed E-state index contributed by atoms with van der Waals surface area (Å²) in [5.74, 6) is -2.29. The molecule has 0 aromatic heterocycles. The number of amides is 1. The van der Waals surface area contributed by atoms with Crippen LogP contribution in [0, 0.1) is 0 Å². The molecule has 0 bridgehead atoms. The fourth-order valence-electron chi connectivity index (χ4n) is 4.37. The fraction of sp³-hybridized carbons (Fsp3) is 0.409. The van der Waals surface area contributed by atoms with Crippen molar-refractivity contribution >= 4 is 5.91 Å². The van der Waals surface area contributed by atoms with Crippen LogP contribution in [0.25, 0.3) is 0 Å². The van der Waals surface area contributed by atoms with Gasteiger partial charge in [0.25, 0.3) is 0 Å². The van der Waals surface area contributed by atoms with Gasteiger partial charge in [-0.25, -0.2) is 0 Å². The summed E-state index contributed by atoms with van der Waals surface area (Å²) in [5, 5.41) is 3.02.